The lowest BCUT2D eigenvalue weighted by molar-refractivity contribution is -0.120. The minimum Gasteiger partial charge on any atom is -0.372 e. The molecule has 0 radical (unpaired) electrons. The Balaban J connectivity index is 2.76. The number of nitrogens with one attached hydrogen (secondary N) is 1. The van der Waals surface area contributed by atoms with Crippen molar-refractivity contribution in [3.05, 3.63) is 28.8 Å². The number of hydrogen-bond acceptors (Lipinski definition) is 3. The number of benzene rings is 1. The normalized spacial score (nSPS) is 9.56. The van der Waals surface area contributed by atoms with Gasteiger partial charge >= 0.3 is 0 Å². The second kappa shape index (κ2) is 6.11. The number of rotatable bonds is 4. The molecule has 0 saturated carbocycles. The number of ether oxygens (including phenoxy) is 1. The molecular formula is C11H11ClN2O2. The van der Waals surface area contributed by atoms with E-state index in [1.54, 1.807) is 19.1 Å². The monoisotopic (exact) mass is 238 g/mol. The standard InChI is InChI=1S/C11H11ClN2O2/c1-2-16-7-11(15)14-10-5-9(12)4-3-8(10)6-13/h3-5H,2,7H2,1H3,(H,14,15). The number of hydrogen-bond donors (Lipinski definition) is 1. The van der Waals surface area contributed by atoms with Gasteiger partial charge in [0.2, 0.25) is 5.91 Å². The fourth-order valence-electron chi connectivity index (χ4n) is 1.10. The first kappa shape index (κ1) is 12.5. The predicted octanol–water partition coefficient (Wildman–Crippen LogP) is 2.19. The van der Waals surface area contributed by atoms with Crippen molar-refractivity contribution in [2.75, 3.05) is 18.5 Å². The topological polar surface area (TPSA) is 62.1 Å². The molecule has 0 aliphatic rings. The molecule has 0 aliphatic heterocycles. The van der Waals surface area contributed by atoms with Crippen LogP contribution >= 0.6 is 11.6 Å². The van der Waals surface area contributed by atoms with Crippen molar-refractivity contribution in [3.63, 3.8) is 0 Å². The number of carbonyl (C=O) groups is 1. The molecule has 0 unspecified atom stereocenters. The Labute approximate surface area is 98.8 Å². The van der Waals surface area contributed by atoms with Crippen molar-refractivity contribution in [2.24, 2.45) is 0 Å². The van der Waals surface area contributed by atoms with Crippen molar-refractivity contribution in [3.8, 4) is 6.07 Å². The molecule has 0 atom stereocenters. The summed E-state index contributed by atoms with van der Waals surface area (Å²) in [5.41, 5.74) is 0.772. The van der Waals surface area contributed by atoms with Crippen LogP contribution in [0.2, 0.25) is 5.02 Å². The van der Waals surface area contributed by atoms with Crippen molar-refractivity contribution in [1.29, 1.82) is 5.26 Å². The summed E-state index contributed by atoms with van der Waals surface area (Å²) in [6.45, 7) is 2.23. The number of amides is 1. The van der Waals surface area contributed by atoms with Gasteiger partial charge in [-0.3, -0.25) is 4.79 Å². The van der Waals surface area contributed by atoms with Crippen LogP contribution in [0.4, 0.5) is 5.69 Å². The van der Waals surface area contributed by atoms with E-state index in [1.165, 1.54) is 6.07 Å². The van der Waals surface area contributed by atoms with Gasteiger partial charge in [-0.2, -0.15) is 5.26 Å². The minimum atomic E-state index is -0.305. The Morgan fingerprint density at radius 2 is 2.38 bits per heavy atom. The van der Waals surface area contributed by atoms with Crippen LogP contribution in [-0.2, 0) is 9.53 Å². The molecule has 1 aromatic rings. The van der Waals surface area contributed by atoms with Crippen molar-refractivity contribution in [2.45, 2.75) is 6.92 Å². The van der Waals surface area contributed by atoms with E-state index in [9.17, 15) is 4.79 Å². The molecule has 0 bridgehead atoms. The SMILES string of the molecule is CCOCC(=O)Nc1cc(Cl)ccc1C#N. The summed E-state index contributed by atoms with van der Waals surface area (Å²) >= 11 is 5.77. The van der Waals surface area contributed by atoms with E-state index in [2.05, 4.69) is 5.32 Å². The number of anilines is 1. The average Bonchev–Trinajstić information content (AvgIpc) is 2.27. The van der Waals surface area contributed by atoms with Crippen LogP contribution in [0, 0.1) is 11.3 Å². The van der Waals surface area contributed by atoms with E-state index < -0.39 is 0 Å². The summed E-state index contributed by atoms with van der Waals surface area (Å²) in [5, 5.41) is 11.9. The zero-order valence-electron chi connectivity index (χ0n) is 8.79. The van der Waals surface area contributed by atoms with Crippen LogP contribution in [0.1, 0.15) is 12.5 Å². The molecule has 4 nitrogen and oxygen atoms in total. The lowest BCUT2D eigenvalue weighted by Gasteiger charge is -2.07. The highest BCUT2D eigenvalue weighted by atomic mass is 35.5. The maximum Gasteiger partial charge on any atom is 0.250 e. The summed E-state index contributed by atoms with van der Waals surface area (Å²) in [6.07, 6.45) is 0. The largest absolute Gasteiger partial charge is 0.372 e. The van der Waals surface area contributed by atoms with E-state index in [-0.39, 0.29) is 12.5 Å². The van der Waals surface area contributed by atoms with Gasteiger partial charge in [0.05, 0.1) is 11.3 Å². The van der Waals surface area contributed by atoms with Crippen LogP contribution in [0.15, 0.2) is 18.2 Å². The zero-order chi connectivity index (χ0) is 12.0. The Morgan fingerprint density at radius 3 is 3.00 bits per heavy atom. The molecular weight excluding hydrogens is 228 g/mol. The highest BCUT2D eigenvalue weighted by molar-refractivity contribution is 6.31. The summed E-state index contributed by atoms with van der Waals surface area (Å²) in [6, 6.07) is 6.65. The van der Waals surface area contributed by atoms with E-state index in [0.29, 0.717) is 22.9 Å². The molecule has 5 heteroatoms. The van der Waals surface area contributed by atoms with Gasteiger partial charge < -0.3 is 10.1 Å². The molecule has 0 aliphatic carbocycles. The van der Waals surface area contributed by atoms with Crippen molar-refractivity contribution < 1.29 is 9.53 Å². The summed E-state index contributed by atoms with van der Waals surface area (Å²) in [5.74, 6) is -0.305. The number of nitriles is 1. The molecule has 0 heterocycles. The van der Waals surface area contributed by atoms with Crippen LogP contribution < -0.4 is 5.32 Å². The Kier molecular flexibility index (Phi) is 4.77. The quantitative estimate of drug-likeness (QED) is 0.875. The van der Waals surface area contributed by atoms with E-state index >= 15 is 0 Å². The Hall–Kier alpha value is -1.57. The molecule has 1 rings (SSSR count). The third-order valence-electron chi connectivity index (χ3n) is 1.81. The Bertz CT molecular complexity index is 426. The highest BCUT2D eigenvalue weighted by Crippen LogP contribution is 2.20. The number of carbonyl (C=O) groups excluding carboxylic acids is 1. The molecule has 0 fully saturated rings. The molecule has 0 saturated heterocycles. The van der Waals surface area contributed by atoms with Gasteiger partial charge in [-0.05, 0) is 25.1 Å². The van der Waals surface area contributed by atoms with Gasteiger partial charge in [0.25, 0.3) is 0 Å². The molecule has 0 aromatic heterocycles. The van der Waals surface area contributed by atoms with Gasteiger partial charge in [-0.1, -0.05) is 11.6 Å². The van der Waals surface area contributed by atoms with Gasteiger partial charge in [0.15, 0.2) is 0 Å². The summed E-state index contributed by atoms with van der Waals surface area (Å²) in [7, 11) is 0. The predicted molar refractivity (Wildman–Crippen MR) is 61.3 cm³/mol. The minimum absolute atomic E-state index is 0.0338. The maximum atomic E-state index is 11.4. The maximum absolute atomic E-state index is 11.4. The first-order valence-corrected chi connectivity index (χ1v) is 5.12. The van der Waals surface area contributed by atoms with Crippen LogP contribution in [0.3, 0.4) is 0 Å². The molecule has 1 N–H and O–H groups in total. The van der Waals surface area contributed by atoms with E-state index in [4.69, 9.17) is 21.6 Å². The molecule has 0 spiro atoms. The van der Waals surface area contributed by atoms with Gasteiger partial charge in [-0.25, -0.2) is 0 Å². The average molecular weight is 239 g/mol. The fourth-order valence-corrected chi connectivity index (χ4v) is 1.27. The lowest BCUT2D eigenvalue weighted by atomic mass is 10.2. The molecule has 1 amide bonds. The second-order valence-electron chi connectivity index (χ2n) is 2.99. The van der Waals surface area contributed by atoms with Crippen molar-refractivity contribution >= 4 is 23.2 Å². The van der Waals surface area contributed by atoms with Crippen LogP contribution in [0.5, 0.6) is 0 Å². The number of halogens is 1. The summed E-state index contributed by atoms with van der Waals surface area (Å²) < 4.78 is 4.94. The number of nitrogens with zero attached hydrogens (tertiary/aromatic N) is 1. The van der Waals surface area contributed by atoms with E-state index in [0.717, 1.165) is 0 Å². The smallest absolute Gasteiger partial charge is 0.250 e. The second-order valence-corrected chi connectivity index (χ2v) is 3.42. The first-order chi connectivity index (χ1) is 7.67. The third kappa shape index (κ3) is 3.54. The lowest BCUT2D eigenvalue weighted by Crippen LogP contribution is -2.18. The third-order valence-corrected chi connectivity index (χ3v) is 2.05. The van der Waals surface area contributed by atoms with Gasteiger partial charge in [0, 0.05) is 11.6 Å². The zero-order valence-corrected chi connectivity index (χ0v) is 9.54. The fraction of sp³-hybridized carbons (Fsp3) is 0.273. The van der Waals surface area contributed by atoms with Crippen molar-refractivity contribution in [1.82, 2.24) is 0 Å². The molecule has 1 aromatic carbocycles. The summed E-state index contributed by atoms with van der Waals surface area (Å²) in [4.78, 5) is 11.4. The molecule has 84 valence electrons. The first-order valence-electron chi connectivity index (χ1n) is 4.74. The van der Waals surface area contributed by atoms with Gasteiger partial charge in [-0.15, -0.1) is 0 Å². The van der Waals surface area contributed by atoms with Crippen LogP contribution in [-0.4, -0.2) is 19.1 Å². The highest BCUT2D eigenvalue weighted by Gasteiger charge is 2.07. The Morgan fingerprint density at radius 1 is 1.62 bits per heavy atom. The van der Waals surface area contributed by atoms with E-state index in [1.807, 2.05) is 6.07 Å². The van der Waals surface area contributed by atoms with Gasteiger partial charge in [0.1, 0.15) is 12.7 Å². The molecule has 16 heavy (non-hydrogen) atoms. The van der Waals surface area contributed by atoms with Crippen LogP contribution in [0.25, 0.3) is 0 Å².